The van der Waals surface area contributed by atoms with Crippen LogP contribution >= 0.6 is 0 Å². The fourth-order valence-electron chi connectivity index (χ4n) is 2.02. The van der Waals surface area contributed by atoms with E-state index in [1.807, 2.05) is 18.2 Å². The molecule has 4 heteroatoms. The Kier molecular flexibility index (Phi) is 3.98. The summed E-state index contributed by atoms with van der Waals surface area (Å²) in [7, 11) is 0. The number of aliphatic hydroxyl groups excluding tert-OH is 1. The van der Waals surface area contributed by atoms with Crippen LogP contribution in [0.15, 0.2) is 30.3 Å². The average molecular weight is 235 g/mol. The summed E-state index contributed by atoms with van der Waals surface area (Å²) in [5.74, 6) is 0. The van der Waals surface area contributed by atoms with Gasteiger partial charge >= 0.3 is 6.09 Å². The van der Waals surface area contributed by atoms with Crippen LogP contribution in [0.1, 0.15) is 25.7 Å². The molecule has 1 amide bonds. The summed E-state index contributed by atoms with van der Waals surface area (Å²) in [5.41, 5.74) is 0.697. The summed E-state index contributed by atoms with van der Waals surface area (Å²) in [6.07, 6.45) is 2.06. The molecule has 0 heterocycles. The minimum absolute atomic E-state index is 0.368. The van der Waals surface area contributed by atoms with Gasteiger partial charge in [0, 0.05) is 5.69 Å². The Labute approximate surface area is 101 Å². The van der Waals surface area contributed by atoms with Gasteiger partial charge in [-0.3, -0.25) is 5.32 Å². The normalized spacial score (nSPS) is 24.1. The molecule has 1 fully saturated rings. The Morgan fingerprint density at radius 1 is 1.24 bits per heavy atom. The Morgan fingerprint density at radius 3 is 2.65 bits per heavy atom. The highest BCUT2D eigenvalue weighted by Crippen LogP contribution is 2.21. The van der Waals surface area contributed by atoms with Gasteiger partial charge in [0.15, 0.2) is 0 Å². The van der Waals surface area contributed by atoms with Gasteiger partial charge in [-0.2, -0.15) is 0 Å². The number of amides is 1. The number of ether oxygens (including phenoxy) is 1. The molecular formula is C13H17NO3. The SMILES string of the molecule is O=C(Nc1ccccc1)O[C@@H]1CCCC[C@@H]1O. The van der Waals surface area contributed by atoms with Crippen LogP contribution in [0.3, 0.4) is 0 Å². The first kappa shape index (κ1) is 11.9. The van der Waals surface area contributed by atoms with E-state index in [1.54, 1.807) is 12.1 Å². The van der Waals surface area contributed by atoms with Gasteiger partial charge in [-0.05, 0) is 31.4 Å². The van der Waals surface area contributed by atoms with Gasteiger partial charge in [0.1, 0.15) is 6.10 Å². The van der Waals surface area contributed by atoms with E-state index in [4.69, 9.17) is 4.74 Å². The minimum atomic E-state index is -0.523. The zero-order valence-corrected chi connectivity index (χ0v) is 9.63. The standard InChI is InChI=1S/C13H17NO3/c15-11-8-4-5-9-12(11)17-13(16)14-10-6-2-1-3-7-10/h1-3,6-7,11-12,15H,4-5,8-9H2,(H,14,16)/t11-,12+/m0/s1. The van der Waals surface area contributed by atoms with E-state index in [2.05, 4.69) is 5.32 Å². The van der Waals surface area contributed by atoms with E-state index in [9.17, 15) is 9.90 Å². The van der Waals surface area contributed by atoms with Gasteiger partial charge in [-0.15, -0.1) is 0 Å². The maximum atomic E-state index is 11.6. The van der Waals surface area contributed by atoms with Gasteiger partial charge in [-0.1, -0.05) is 24.6 Å². The summed E-state index contributed by atoms with van der Waals surface area (Å²) in [6.45, 7) is 0. The molecule has 0 radical (unpaired) electrons. The number of hydrogen-bond acceptors (Lipinski definition) is 3. The molecule has 92 valence electrons. The van der Waals surface area contributed by atoms with Crippen molar-refractivity contribution in [1.29, 1.82) is 0 Å². The van der Waals surface area contributed by atoms with Crippen molar-refractivity contribution in [2.45, 2.75) is 37.9 Å². The van der Waals surface area contributed by atoms with Gasteiger partial charge in [0.25, 0.3) is 0 Å². The van der Waals surface area contributed by atoms with Crippen LogP contribution < -0.4 is 5.32 Å². The molecule has 1 saturated carbocycles. The fourth-order valence-corrected chi connectivity index (χ4v) is 2.02. The van der Waals surface area contributed by atoms with E-state index in [-0.39, 0.29) is 6.10 Å². The molecule has 4 nitrogen and oxygen atoms in total. The first-order valence-electron chi connectivity index (χ1n) is 5.96. The summed E-state index contributed by atoms with van der Waals surface area (Å²) >= 11 is 0. The second kappa shape index (κ2) is 5.68. The van der Waals surface area contributed by atoms with E-state index in [0.717, 1.165) is 19.3 Å². The number of aliphatic hydroxyl groups is 1. The first-order valence-corrected chi connectivity index (χ1v) is 5.96. The van der Waals surface area contributed by atoms with Crippen molar-refractivity contribution in [3.05, 3.63) is 30.3 Å². The zero-order valence-electron chi connectivity index (χ0n) is 9.63. The summed E-state index contributed by atoms with van der Waals surface area (Å²) < 4.78 is 5.21. The lowest BCUT2D eigenvalue weighted by Crippen LogP contribution is -2.35. The lowest BCUT2D eigenvalue weighted by Gasteiger charge is -2.27. The highest BCUT2D eigenvalue weighted by atomic mass is 16.6. The zero-order chi connectivity index (χ0) is 12.1. The van der Waals surface area contributed by atoms with E-state index in [0.29, 0.717) is 12.1 Å². The summed E-state index contributed by atoms with van der Waals surface area (Å²) in [4.78, 5) is 11.6. The molecule has 1 aromatic carbocycles. The van der Waals surface area contributed by atoms with Crippen molar-refractivity contribution in [1.82, 2.24) is 0 Å². The molecule has 0 spiro atoms. The number of para-hydroxylation sites is 1. The molecule has 0 unspecified atom stereocenters. The molecule has 1 aromatic rings. The predicted octanol–water partition coefficient (Wildman–Crippen LogP) is 2.54. The maximum Gasteiger partial charge on any atom is 0.411 e. The van der Waals surface area contributed by atoms with Gasteiger partial charge in [0.2, 0.25) is 0 Å². The highest BCUT2D eigenvalue weighted by Gasteiger charge is 2.26. The van der Waals surface area contributed by atoms with Gasteiger partial charge < -0.3 is 9.84 Å². The molecule has 17 heavy (non-hydrogen) atoms. The van der Waals surface area contributed by atoms with Crippen molar-refractivity contribution in [3.63, 3.8) is 0 Å². The second-order valence-corrected chi connectivity index (χ2v) is 4.29. The van der Waals surface area contributed by atoms with Gasteiger partial charge in [0.05, 0.1) is 6.10 Å². The predicted molar refractivity (Wildman–Crippen MR) is 64.8 cm³/mol. The van der Waals surface area contributed by atoms with Crippen LogP contribution in [0.5, 0.6) is 0 Å². The number of hydrogen-bond donors (Lipinski definition) is 2. The molecule has 0 bridgehead atoms. The number of carbonyl (C=O) groups excluding carboxylic acids is 1. The third-order valence-electron chi connectivity index (χ3n) is 2.95. The molecule has 1 aliphatic carbocycles. The molecule has 1 aliphatic rings. The second-order valence-electron chi connectivity index (χ2n) is 4.29. The smallest absolute Gasteiger partial charge is 0.411 e. The molecule has 2 N–H and O–H groups in total. The van der Waals surface area contributed by atoms with Crippen molar-refractivity contribution >= 4 is 11.8 Å². The van der Waals surface area contributed by atoms with Crippen LogP contribution in [0, 0.1) is 0 Å². The topological polar surface area (TPSA) is 58.6 Å². The lowest BCUT2D eigenvalue weighted by atomic mass is 9.95. The molecule has 2 rings (SSSR count). The number of anilines is 1. The van der Waals surface area contributed by atoms with Gasteiger partial charge in [-0.25, -0.2) is 4.79 Å². The number of carbonyl (C=O) groups is 1. The number of benzene rings is 1. The Hall–Kier alpha value is -1.55. The van der Waals surface area contributed by atoms with Crippen LogP contribution in [-0.4, -0.2) is 23.4 Å². The maximum absolute atomic E-state index is 11.6. The molecule has 0 aromatic heterocycles. The third-order valence-corrected chi connectivity index (χ3v) is 2.95. The van der Waals surface area contributed by atoms with Crippen molar-refractivity contribution in [3.8, 4) is 0 Å². The summed E-state index contributed by atoms with van der Waals surface area (Å²) in [5, 5.41) is 12.3. The third kappa shape index (κ3) is 3.46. The molecule has 2 atom stereocenters. The fraction of sp³-hybridized carbons (Fsp3) is 0.462. The van der Waals surface area contributed by atoms with Crippen molar-refractivity contribution in [2.75, 3.05) is 5.32 Å². The van der Waals surface area contributed by atoms with E-state index in [1.165, 1.54) is 0 Å². The molecule has 0 saturated heterocycles. The van der Waals surface area contributed by atoms with Crippen LogP contribution in [0.25, 0.3) is 0 Å². The number of nitrogens with one attached hydrogen (secondary N) is 1. The lowest BCUT2D eigenvalue weighted by molar-refractivity contribution is -0.0165. The van der Waals surface area contributed by atoms with Crippen LogP contribution in [0.2, 0.25) is 0 Å². The van der Waals surface area contributed by atoms with E-state index >= 15 is 0 Å². The highest BCUT2D eigenvalue weighted by molar-refractivity contribution is 5.84. The largest absolute Gasteiger partial charge is 0.443 e. The molecular weight excluding hydrogens is 218 g/mol. The Bertz CT molecular complexity index is 366. The first-order chi connectivity index (χ1) is 8.25. The van der Waals surface area contributed by atoms with Crippen molar-refractivity contribution in [2.24, 2.45) is 0 Å². The van der Waals surface area contributed by atoms with E-state index < -0.39 is 12.2 Å². The van der Waals surface area contributed by atoms with Crippen molar-refractivity contribution < 1.29 is 14.6 Å². The average Bonchev–Trinajstić information content (AvgIpc) is 2.33. The Balaban J connectivity index is 1.84. The van der Waals surface area contributed by atoms with Crippen LogP contribution in [-0.2, 0) is 4.74 Å². The number of rotatable bonds is 2. The Morgan fingerprint density at radius 2 is 1.94 bits per heavy atom. The summed E-state index contributed by atoms with van der Waals surface area (Å²) in [6, 6.07) is 9.13. The monoisotopic (exact) mass is 235 g/mol. The molecule has 0 aliphatic heterocycles. The minimum Gasteiger partial charge on any atom is -0.443 e. The quantitative estimate of drug-likeness (QED) is 0.828. The van der Waals surface area contributed by atoms with Crippen LogP contribution in [0.4, 0.5) is 10.5 Å².